The minimum absolute atomic E-state index is 0.0794. The first kappa shape index (κ1) is 41.2. The number of alkyl halides is 7. The summed E-state index contributed by atoms with van der Waals surface area (Å²) in [6, 6.07) is 16.4. The molecule has 0 amide bonds. The molecule has 0 aromatic heterocycles. The quantitative estimate of drug-likeness (QED) is 0.0499. The lowest BCUT2D eigenvalue weighted by molar-refractivity contribution is -0.361. The van der Waals surface area contributed by atoms with Crippen LogP contribution in [0.4, 0.5) is 35.1 Å². The van der Waals surface area contributed by atoms with Gasteiger partial charge in [0.2, 0.25) is 0 Å². The van der Waals surface area contributed by atoms with E-state index in [1.165, 1.54) is 43.9 Å². The van der Waals surface area contributed by atoms with Crippen LogP contribution < -0.4 is 9.47 Å². The van der Waals surface area contributed by atoms with Gasteiger partial charge in [-0.2, -0.15) is 30.7 Å². The number of ether oxygens (including phenoxy) is 4. The monoisotopic (exact) mass is 732 g/mol. The van der Waals surface area contributed by atoms with Crippen molar-refractivity contribution in [1.82, 2.24) is 0 Å². The minimum atomic E-state index is -6.45. The third kappa shape index (κ3) is 12.2. The average molecular weight is 733 g/mol. The minimum Gasteiger partial charge on any atom is -0.493 e. The molecule has 3 aromatic rings. The van der Waals surface area contributed by atoms with E-state index in [-0.39, 0.29) is 30.6 Å². The SMILES string of the molecule is CCCCCCCC[C@H](C)OC(=O)c1ccc(-c2ccc(OC(=O)c3ccc(OCCCOCC(F)(F)C(F)(F)C(F)(F)F)cc3F)cc2)cc1. The van der Waals surface area contributed by atoms with E-state index in [2.05, 4.69) is 11.7 Å². The summed E-state index contributed by atoms with van der Waals surface area (Å²) in [4.78, 5) is 25.2. The van der Waals surface area contributed by atoms with Gasteiger partial charge in [0.05, 0.1) is 30.4 Å². The van der Waals surface area contributed by atoms with Crippen molar-refractivity contribution >= 4 is 11.9 Å². The van der Waals surface area contributed by atoms with Crippen molar-refractivity contribution in [1.29, 1.82) is 0 Å². The molecule has 280 valence electrons. The highest BCUT2D eigenvalue weighted by atomic mass is 19.4. The number of hydrogen-bond donors (Lipinski definition) is 0. The van der Waals surface area contributed by atoms with Crippen LogP contribution in [0, 0.1) is 5.82 Å². The Kier molecular flexibility index (Phi) is 15.3. The summed E-state index contributed by atoms with van der Waals surface area (Å²) >= 11 is 0. The van der Waals surface area contributed by atoms with E-state index in [0.717, 1.165) is 42.5 Å². The molecule has 0 bridgehead atoms. The Hall–Kier alpha value is -4.20. The fourth-order valence-electron chi connectivity index (χ4n) is 4.80. The smallest absolute Gasteiger partial charge is 0.459 e. The van der Waals surface area contributed by atoms with Crippen LogP contribution in [0.3, 0.4) is 0 Å². The average Bonchev–Trinajstić information content (AvgIpc) is 3.07. The number of unbranched alkanes of at least 4 members (excludes halogenated alkanes) is 5. The second-order valence-corrected chi connectivity index (χ2v) is 11.9. The zero-order chi connectivity index (χ0) is 37.7. The van der Waals surface area contributed by atoms with Crippen molar-refractivity contribution in [3.63, 3.8) is 0 Å². The Morgan fingerprint density at radius 2 is 1.29 bits per heavy atom. The summed E-state index contributed by atoms with van der Waals surface area (Å²) in [5.41, 5.74) is 1.55. The molecular formula is C37H40F8O6. The first-order chi connectivity index (χ1) is 24.1. The second kappa shape index (κ2) is 18.9. The van der Waals surface area contributed by atoms with Crippen molar-refractivity contribution in [2.45, 2.75) is 89.3 Å². The first-order valence-corrected chi connectivity index (χ1v) is 16.5. The number of esters is 2. The molecule has 0 aliphatic rings. The predicted molar refractivity (Wildman–Crippen MR) is 173 cm³/mol. The Morgan fingerprint density at radius 3 is 1.90 bits per heavy atom. The van der Waals surface area contributed by atoms with Gasteiger partial charge in [-0.1, -0.05) is 63.3 Å². The Balaban J connectivity index is 1.43. The number of carbonyl (C=O) groups excluding carboxylic acids is 2. The lowest BCUT2D eigenvalue weighted by Gasteiger charge is -2.27. The summed E-state index contributed by atoms with van der Waals surface area (Å²) in [5.74, 6) is -14.1. The van der Waals surface area contributed by atoms with Crippen LogP contribution in [0.1, 0.15) is 85.9 Å². The molecule has 0 N–H and O–H groups in total. The molecule has 14 heteroatoms. The fourth-order valence-corrected chi connectivity index (χ4v) is 4.80. The molecular weight excluding hydrogens is 692 g/mol. The van der Waals surface area contributed by atoms with Gasteiger partial charge in [-0.05, 0) is 67.3 Å². The molecule has 6 nitrogen and oxygen atoms in total. The maximum absolute atomic E-state index is 14.6. The van der Waals surface area contributed by atoms with Gasteiger partial charge in [-0.15, -0.1) is 0 Å². The van der Waals surface area contributed by atoms with E-state index in [1.54, 1.807) is 36.4 Å². The van der Waals surface area contributed by atoms with Crippen LogP contribution in [0.15, 0.2) is 66.7 Å². The standard InChI is InChI=1S/C37H40F8O6/c1-3-4-5-6-7-8-10-25(2)50-33(46)28-13-11-26(12-14-28)27-15-17-29(18-16-27)51-34(47)31-20-19-30(23-32(31)38)49-22-9-21-48-24-35(39,40)36(41,42)37(43,44)45/h11-20,23,25H,3-10,21-22,24H2,1-2H3/t25-/m0/s1. The number of carbonyl (C=O) groups is 2. The molecule has 0 radical (unpaired) electrons. The lowest BCUT2D eigenvalue weighted by Crippen LogP contribution is -2.54. The Labute approximate surface area is 291 Å². The zero-order valence-corrected chi connectivity index (χ0v) is 28.2. The normalized spacial score (nSPS) is 12.7. The van der Waals surface area contributed by atoms with E-state index in [1.807, 2.05) is 6.92 Å². The molecule has 0 saturated carbocycles. The molecule has 0 aliphatic carbocycles. The summed E-state index contributed by atoms with van der Waals surface area (Å²) in [5, 5.41) is 0. The molecule has 3 aromatic carbocycles. The molecule has 0 heterocycles. The molecule has 3 rings (SSSR count). The third-order valence-corrected chi connectivity index (χ3v) is 7.75. The van der Waals surface area contributed by atoms with Crippen LogP contribution in [0.25, 0.3) is 11.1 Å². The summed E-state index contributed by atoms with van der Waals surface area (Å²) < 4.78 is 124. The van der Waals surface area contributed by atoms with E-state index < -0.39 is 54.6 Å². The summed E-state index contributed by atoms with van der Waals surface area (Å²) in [6.45, 7) is 0.958. The highest BCUT2D eigenvalue weighted by Gasteiger charge is 2.73. The summed E-state index contributed by atoms with van der Waals surface area (Å²) in [6.07, 6.45) is 0.942. The third-order valence-electron chi connectivity index (χ3n) is 7.75. The largest absolute Gasteiger partial charge is 0.493 e. The number of halogens is 8. The molecule has 0 unspecified atom stereocenters. The van der Waals surface area contributed by atoms with Crippen molar-refractivity contribution < 1.29 is 63.7 Å². The molecule has 0 aliphatic heterocycles. The van der Waals surface area contributed by atoms with Crippen molar-refractivity contribution in [2.24, 2.45) is 0 Å². The van der Waals surface area contributed by atoms with Crippen molar-refractivity contribution in [2.75, 3.05) is 19.8 Å². The number of rotatable bonds is 20. The van der Waals surface area contributed by atoms with E-state index in [4.69, 9.17) is 14.2 Å². The number of hydrogen-bond acceptors (Lipinski definition) is 6. The van der Waals surface area contributed by atoms with Gasteiger partial charge in [-0.25, -0.2) is 14.0 Å². The highest BCUT2D eigenvalue weighted by molar-refractivity contribution is 5.92. The molecule has 0 saturated heterocycles. The van der Waals surface area contributed by atoms with Gasteiger partial charge in [0.1, 0.15) is 23.9 Å². The van der Waals surface area contributed by atoms with Gasteiger partial charge < -0.3 is 18.9 Å². The van der Waals surface area contributed by atoms with E-state index in [0.29, 0.717) is 5.56 Å². The topological polar surface area (TPSA) is 71.1 Å². The van der Waals surface area contributed by atoms with Crippen LogP contribution in [0.2, 0.25) is 0 Å². The Morgan fingerprint density at radius 1 is 0.706 bits per heavy atom. The molecule has 0 spiro atoms. The van der Waals surface area contributed by atoms with Gasteiger partial charge in [0.15, 0.2) is 0 Å². The van der Waals surface area contributed by atoms with Crippen LogP contribution in [-0.2, 0) is 9.47 Å². The first-order valence-electron chi connectivity index (χ1n) is 16.5. The van der Waals surface area contributed by atoms with Gasteiger partial charge in [-0.3, -0.25) is 0 Å². The van der Waals surface area contributed by atoms with Gasteiger partial charge >= 0.3 is 30.0 Å². The second-order valence-electron chi connectivity index (χ2n) is 11.9. The zero-order valence-electron chi connectivity index (χ0n) is 28.2. The van der Waals surface area contributed by atoms with Crippen LogP contribution >= 0.6 is 0 Å². The predicted octanol–water partition coefficient (Wildman–Crippen LogP) is 10.6. The molecule has 51 heavy (non-hydrogen) atoms. The van der Waals surface area contributed by atoms with Crippen molar-refractivity contribution in [3.8, 4) is 22.6 Å². The number of benzene rings is 3. The summed E-state index contributed by atoms with van der Waals surface area (Å²) in [7, 11) is 0. The van der Waals surface area contributed by atoms with Gasteiger partial charge in [0, 0.05) is 12.5 Å². The van der Waals surface area contributed by atoms with Crippen LogP contribution in [-0.4, -0.2) is 55.9 Å². The fraction of sp³-hybridized carbons (Fsp3) is 0.459. The Bertz CT molecular complexity index is 1540. The lowest BCUT2D eigenvalue weighted by atomic mass is 10.0. The molecule has 1 atom stereocenters. The van der Waals surface area contributed by atoms with E-state index in [9.17, 15) is 44.7 Å². The highest BCUT2D eigenvalue weighted by Crippen LogP contribution is 2.46. The van der Waals surface area contributed by atoms with Crippen molar-refractivity contribution in [3.05, 3.63) is 83.7 Å². The van der Waals surface area contributed by atoms with Gasteiger partial charge in [0.25, 0.3) is 0 Å². The van der Waals surface area contributed by atoms with Crippen LogP contribution in [0.5, 0.6) is 11.5 Å². The maximum atomic E-state index is 14.6. The molecule has 0 fully saturated rings. The van der Waals surface area contributed by atoms with E-state index >= 15 is 0 Å². The maximum Gasteiger partial charge on any atom is 0.459 e.